The van der Waals surface area contributed by atoms with Crippen molar-refractivity contribution in [1.29, 1.82) is 0 Å². The van der Waals surface area contributed by atoms with Crippen molar-refractivity contribution in [2.75, 3.05) is 27.4 Å². The zero-order valence-corrected chi connectivity index (χ0v) is 18.0. The van der Waals surface area contributed by atoms with Crippen LogP contribution in [0.1, 0.15) is 24.1 Å². The zero-order chi connectivity index (χ0) is 22.4. The van der Waals surface area contributed by atoms with Gasteiger partial charge in [0.2, 0.25) is 0 Å². The number of esters is 1. The predicted octanol–water partition coefficient (Wildman–Crippen LogP) is 3.26. The van der Waals surface area contributed by atoms with Gasteiger partial charge in [-0.25, -0.2) is 9.59 Å². The van der Waals surface area contributed by atoms with E-state index in [0.29, 0.717) is 28.5 Å². The molecule has 0 saturated heterocycles. The molecular weight excluding hydrogens is 400 g/mol. The molecule has 1 atom stereocenters. The molecule has 0 radical (unpaired) electrons. The molecule has 8 heteroatoms. The summed E-state index contributed by atoms with van der Waals surface area (Å²) in [5, 5.41) is 5.47. The van der Waals surface area contributed by atoms with Crippen LogP contribution >= 0.6 is 0 Å². The quantitative estimate of drug-likeness (QED) is 0.629. The van der Waals surface area contributed by atoms with Crippen LogP contribution in [0.15, 0.2) is 53.7 Å². The molecule has 31 heavy (non-hydrogen) atoms. The third kappa shape index (κ3) is 5.09. The summed E-state index contributed by atoms with van der Waals surface area (Å²) in [7, 11) is 3.06. The highest BCUT2D eigenvalue weighted by Crippen LogP contribution is 2.34. The van der Waals surface area contributed by atoms with Gasteiger partial charge in [-0.05, 0) is 43.7 Å². The van der Waals surface area contributed by atoms with Crippen molar-refractivity contribution >= 4 is 12.0 Å². The number of urea groups is 1. The van der Waals surface area contributed by atoms with E-state index >= 15 is 0 Å². The van der Waals surface area contributed by atoms with Crippen molar-refractivity contribution in [3.63, 3.8) is 0 Å². The van der Waals surface area contributed by atoms with Crippen molar-refractivity contribution in [3.8, 4) is 17.2 Å². The smallest absolute Gasteiger partial charge is 0.338 e. The fourth-order valence-corrected chi connectivity index (χ4v) is 3.25. The van der Waals surface area contributed by atoms with E-state index in [1.165, 1.54) is 14.2 Å². The number of carbonyl (C=O) groups excluding carboxylic acids is 2. The van der Waals surface area contributed by atoms with Crippen LogP contribution in [0, 0.1) is 6.92 Å². The predicted molar refractivity (Wildman–Crippen MR) is 114 cm³/mol. The van der Waals surface area contributed by atoms with Gasteiger partial charge in [-0.3, -0.25) is 0 Å². The van der Waals surface area contributed by atoms with Gasteiger partial charge in [-0.1, -0.05) is 23.8 Å². The fourth-order valence-electron chi connectivity index (χ4n) is 3.25. The number of amides is 2. The average Bonchev–Trinajstić information content (AvgIpc) is 2.77. The van der Waals surface area contributed by atoms with Gasteiger partial charge in [-0.2, -0.15) is 0 Å². The first-order valence-corrected chi connectivity index (χ1v) is 9.85. The molecule has 3 rings (SSSR count). The van der Waals surface area contributed by atoms with Crippen LogP contribution in [0.25, 0.3) is 0 Å². The van der Waals surface area contributed by atoms with Gasteiger partial charge in [0.1, 0.15) is 12.4 Å². The molecule has 0 aliphatic carbocycles. The number of methoxy groups -OCH3 is 2. The van der Waals surface area contributed by atoms with Gasteiger partial charge >= 0.3 is 12.0 Å². The molecular formula is C23H26N2O6. The molecule has 8 nitrogen and oxygen atoms in total. The Labute approximate surface area is 181 Å². The van der Waals surface area contributed by atoms with Crippen molar-refractivity contribution in [2.24, 2.45) is 0 Å². The molecule has 1 aliphatic heterocycles. The summed E-state index contributed by atoms with van der Waals surface area (Å²) < 4.78 is 21.7. The van der Waals surface area contributed by atoms with Crippen molar-refractivity contribution in [1.82, 2.24) is 10.6 Å². The second kappa shape index (κ2) is 9.88. The first-order chi connectivity index (χ1) is 15.0. The fraction of sp³-hybridized carbons (Fsp3) is 0.304. The van der Waals surface area contributed by atoms with Gasteiger partial charge < -0.3 is 29.6 Å². The van der Waals surface area contributed by atoms with Crippen LogP contribution in [0.3, 0.4) is 0 Å². The van der Waals surface area contributed by atoms with E-state index in [-0.39, 0.29) is 18.8 Å². The average molecular weight is 426 g/mol. The Bertz CT molecular complexity index is 984. The molecule has 1 heterocycles. The van der Waals surface area contributed by atoms with Crippen LogP contribution in [0.5, 0.6) is 17.2 Å². The summed E-state index contributed by atoms with van der Waals surface area (Å²) in [5.41, 5.74) is 2.34. The second-order valence-electron chi connectivity index (χ2n) is 6.86. The summed E-state index contributed by atoms with van der Waals surface area (Å²) in [4.78, 5) is 25.2. The Hall–Kier alpha value is -3.68. The van der Waals surface area contributed by atoms with Crippen molar-refractivity contribution in [3.05, 3.63) is 64.9 Å². The number of benzene rings is 2. The first-order valence-electron chi connectivity index (χ1n) is 9.85. The maximum Gasteiger partial charge on any atom is 0.338 e. The molecule has 164 valence electrons. The molecule has 2 aromatic rings. The minimum absolute atomic E-state index is 0.00554. The third-order valence-corrected chi connectivity index (χ3v) is 4.79. The lowest BCUT2D eigenvalue weighted by Gasteiger charge is -2.29. The van der Waals surface area contributed by atoms with Crippen LogP contribution in [0.2, 0.25) is 0 Å². The van der Waals surface area contributed by atoms with E-state index in [1.54, 1.807) is 25.1 Å². The highest BCUT2D eigenvalue weighted by atomic mass is 16.5. The lowest BCUT2D eigenvalue weighted by Crippen LogP contribution is -2.47. The summed E-state index contributed by atoms with van der Waals surface area (Å²) in [6.45, 7) is 3.89. The molecule has 0 saturated carbocycles. The Morgan fingerprint density at radius 1 is 1.03 bits per heavy atom. The van der Waals surface area contributed by atoms with E-state index < -0.39 is 18.0 Å². The molecule has 0 bridgehead atoms. The number of hydrogen-bond acceptors (Lipinski definition) is 6. The lowest BCUT2D eigenvalue weighted by molar-refractivity contribution is -0.139. The summed E-state index contributed by atoms with van der Waals surface area (Å²) in [5.74, 6) is 1.10. The summed E-state index contributed by atoms with van der Waals surface area (Å²) >= 11 is 0. The minimum atomic E-state index is -0.746. The molecule has 0 spiro atoms. The third-order valence-electron chi connectivity index (χ3n) is 4.79. The number of carbonyl (C=O) groups is 2. The summed E-state index contributed by atoms with van der Waals surface area (Å²) in [6.07, 6.45) is 0. The summed E-state index contributed by atoms with van der Waals surface area (Å²) in [6, 6.07) is 11.5. The van der Waals surface area contributed by atoms with Crippen LogP contribution < -0.4 is 24.8 Å². The van der Waals surface area contributed by atoms with Gasteiger partial charge in [0.05, 0.1) is 38.1 Å². The lowest BCUT2D eigenvalue weighted by atomic mass is 9.95. The maximum absolute atomic E-state index is 12.8. The monoisotopic (exact) mass is 426 g/mol. The molecule has 2 amide bonds. The molecule has 0 fully saturated rings. The van der Waals surface area contributed by atoms with Gasteiger partial charge in [0.15, 0.2) is 11.5 Å². The van der Waals surface area contributed by atoms with E-state index in [1.807, 2.05) is 31.2 Å². The van der Waals surface area contributed by atoms with Gasteiger partial charge in [-0.15, -0.1) is 0 Å². The molecule has 2 aromatic carbocycles. The largest absolute Gasteiger partial charge is 0.493 e. The van der Waals surface area contributed by atoms with Gasteiger partial charge in [0, 0.05) is 0 Å². The highest BCUT2D eigenvalue weighted by molar-refractivity contribution is 5.95. The van der Waals surface area contributed by atoms with Crippen molar-refractivity contribution in [2.45, 2.75) is 19.9 Å². The maximum atomic E-state index is 12.8. The van der Waals surface area contributed by atoms with E-state index in [9.17, 15) is 9.59 Å². The standard InChI is InChI=1S/C23H26N2O6/c1-5-30-22(26)20-17(13-31-16-9-6-14(2)7-10-16)24-23(27)25-21(20)15-8-11-18(28-3)19(12-15)29-4/h6-12,21H,5,13H2,1-4H3,(H2,24,25,27). The Balaban J connectivity index is 1.99. The number of ether oxygens (including phenoxy) is 4. The molecule has 1 unspecified atom stereocenters. The van der Waals surface area contributed by atoms with Gasteiger partial charge in [0.25, 0.3) is 0 Å². The number of aryl methyl sites for hydroxylation is 1. The molecule has 1 aliphatic rings. The number of nitrogens with one attached hydrogen (secondary N) is 2. The van der Waals surface area contributed by atoms with Crippen LogP contribution in [-0.4, -0.2) is 39.4 Å². The topological polar surface area (TPSA) is 95.1 Å². The number of rotatable bonds is 8. The Kier molecular flexibility index (Phi) is 7.02. The second-order valence-corrected chi connectivity index (χ2v) is 6.86. The van der Waals surface area contributed by atoms with E-state index in [2.05, 4.69) is 10.6 Å². The van der Waals surface area contributed by atoms with E-state index in [0.717, 1.165) is 5.56 Å². The Morgan fingerprint density at radius 3 is 2.39 bits per heavy atom. The highest BCUT2D eigenvalue weighted by Gasteiger charge is 2.34. The van der Waals surface area contributed by atoms with E-state index in [4.69, 9.17) is 18.9 Å². The van der Waals surface area contributed by atoms with Crippen LogP contribution in [-0.2, 0) is 9.53 Å². The Morgan fingerprint density at radius 2 is 1.74 bits per heavy atom. The first kappa shape index (κ1) is 22.0. The molecule has 0 aromatic heterocycles. The SMILES string of the molecule is CCOC(=O)C1=C(COc2ccc(C)cc2)NC(=O)NC1c1ccc(OC)c(OC)c1. The number of hydrogen-bond donors (Lipinski definition) is 2. The zero-order valence-electron chi connectivity index (χ0n) is 18.0. The normalized spacial score (nSPS) is 15.6. The minimum Gasteiger partial charge on any atom is -0.493 e. The molecule has 2 N–H and O–H groups in total. The van der Waals surface area contributed by atoms with Crippen LogP contribution in [0.4, 0.5) is 4.79 Å². The van der Waals surface area contributed by atoms with Crippen molar-refractivity contribution < 1.29 is 28.5 Å².